The van der Waals surface area contributed by atoms with E-state index in [9.17, 15) is 8.42 Å². The first-order valence-corrected chi connectivity index (χ1v) is 6.56. The van der Waals surface area contributed by atoms with Gasteiger partial charge >= 0.3 is 0 Å². The fraction of sp³-hybridized carbons (Fsp3) is 0.667. The van der Waals surface area contributed by atoms with Crippen LogP contribution in [0.25, 0.3) is 0 Å². The number of hydrogen-bond donors (Lipinski definition) is 1. The highest BCUT2D eigenvalue weighted by Gasteiger charge is 2.31. The van der Waals surface area contributed by atoms with Crippen molar-refractivity contribution in [3.63, 3.8) is 0 Å². The van der Waals surface area contributed by atoms with Crippen molar-refractivity contribution in [2.24, 2.45) is 0 Å². The van der Waals surface area contributed by atoms with Crippen molar-refractivity contribution in [3.05, 3.63) is 18.2 Å². The largest absolute Gasteiger partial charge is 0.331 e. The molecular formula is C9H15N3O2S. The molecule has 0 amide bonds. The van der Waals surface area contributed by atoms with E-state index in [0.717, 1.165) is 12.8 Å². The monoisotopic (exact) mass is 229 g/mol. The Morgan fingerprint density at radius 2 is 2.27 bits per heavy atom. The number of aromatic nitrogens is 2. The van der Waals surface area contributed by atoms with Gasteiger partial charge in [-0.25, -0.2) is 18.1 Å². The third kappa shape index (κ3) is 1.91. The lowest BCUT2D eigenvalue weighted by Gasteiger charge is -2.13. The van der Waals surface area contributed by atoms with Crippen LogP contribution in [-0.4, -0.2) is 25.0 Å². The van der Waals surface area contributed by atoms with Gasteiger partial charge in [0.05, 0.1) is 0 Å². The normalized spacial score (nSPS) is 19.1. The summed E-state index contributed by atoms with van der Waals surface area (Å²) in [5, 5.41) is -0.599. The number of rotatable bonds is 4. The molecule has 1 N–H and O–H groups in total. The van der Waals surface area contributed by atoms with E-state index in [1.165, 1.54) is 7.05 Å². The van der Waals surface area contributed by atoms with Crippen LogP contribution in [0.5, 0.6) is 0 Å². The third-order valence-electron chi connectivity index (χ3n) is 2.75. The highest BCUT2D eigenvalue weighted by atomic mass is 32.2. The molecule has 84 valence electrons. The van der Waals surface area contributed by atoms with Crippen molar-refractivity contribution >= 4 is 10.0 Å². The zero-order valence-corrected chi connectivity index (χ0v) is 9.66. The lowest BCUT2D eigenvalue weighted by Crippen LogP contribution is -2.26. The Balaban J connectivity index is 2.32. The van der Waals surface area contributed by atoms with Gasteiger partial charge in [0.2, 0.25) is 10.0 Å². The standard InChI is InChI=1S/C9H15N3O2S/c1-7(15(13,14)10-2)9-11-5-6-12(9)8-3-4-8/h5-8,10H,3-4H2,1-2H3. The van der Waals surface area contributed by atoms with Crippen molar-refractivity contribution in [1.29, 1.82) is 0 Å². The van der Waals surface area contributed by atoms with Crippen molar-refractivity contribution < 1.29 is 8.42 Å². The molecule has 0 spiro atoms. The van der Waals surface area contributed by atoms with Gasteiger partial charge in [-0.3, -0.25) is 0 Å². The van der Waals surface area contributed by atoms with Crippen LogP contribution in [0.4, 0.5) is 0 Å². The van der Waals surface area contributed by atoms with Crippen molar-refractivity contribution in [3.8, 4) is 0 Å². The van der Waals surface area contributed by atoms with Crippen LogP contribution in [-0.2, 0) is 10.0 Å². The molecule has 1 heterocycles. The molecule has 0 bridgehead atoms. The number of imidazole rings is 1. The van der Waals surface area contributed by atoms with Gasteiger partial charge in [-0.1, -0.05) is 0 Å². The molecule has 6 heteroatoms. The van der Waals surface area contributed by atoms with Gasteiger partial charge in [-0.15, -0.1) is 0 Å². The summed E-state index contributed by atoms with van der Waals surface area (Å²) in [5.41, 5.74) is 0. The van der Waals surface area contributed by atoms with E-state index in [1.807, 2.05) is 10.8 Å². The van der Waals surface area contributed by atoms with Crippen LogP contribution in [0, 0.1) is 0 Å². The molecule has 1 aromatic heterocycles. The summed E-state index contributed by atoms with van der Waals surface area (Å²) >= 11 is 0. The quantitative estimate of drug-likeness (QED) is 0.831. The second-order valence-electron chi connectivity index (χ2n) is 3.82. The summed E-state index contributed by atoms with van der Waals surface area (Å²) in [6.45, 7) is 1.66. The minimum atomic E-state index is -3.28. The fourth-order valence-corrected chi connectivity index (χ4v) is 2.43. The maximum absolute atomic E-state index is 11.6. The Kier molecular flexibility index (Phi) is 2.56. The van der Waals surface area contributed by atoms with E-state index >= 15 is 0 Å². The second-order valence-corrected chi connectivity index (χ2v) is 6.02. The van der Waals surface area contributed by atoms with Gasteiger partial charge in [0.25, 0.3) is 0 Å². The highest BCUT2D eigenvalue weighted by Crippen LogP contribution is 2.37. The molecule has 1 fully saturated rings. The second kappa shape index (κ2) is 3.61. The smallest absolute Gasteiger partial charge is 0.221 e. The first-order valence-electron chi connectivity index (χ1n) is 5.01. The summed E-state index contributed by atoms with van der Waals surface area (Å²) in [6, 6.07) is 0.456. The van der Waals surface area contributed by atoms with E-state index < -0.39 is 15.3 Å². The number of nitrogens with zero attached hydrogens (tertiary/aromatic N) is 2. The third-order valence-corrected chi connectivity index (χ3v) is 4.46. The first-order chi connectivity index (χ1) is 7.06. The van der Waals surface area contributed by atoms with E-state index in [4.69, 9.17) is 0 Å². The zero-order chi connectivity index (χ0) is 11.1. The predicted octanol–water partition coefficient (Wildman–Crippen LogP) is 0.828. The molecule has 5 nitrogen and oxygen atoms in total. The van der Waals surface area contributed by atoms with E-state index in [1.54, 1.807) is 13.1 Å². The Morgan fingerprint density at radius 3 is 2.80 bits per heavy atom. The van der Waals surface area contributed by atoms with Gasteiger partial charge in [-0.2, -0.15) is 0 Å². The van der Waals surface area contributed by atoms with Crippen LogP contribution < -0.4 is 4.72 Å². The maximum atomic E-state index is 11.6. The molecule has 0 saturated heterocycles. The lowest BCUT2D eigenvalue weighted by molar-refractivity contribution is 0.567. The van der Waals surface area contributed by atoms with Crippen molar-refractivity contribution in [2.45, 2.75) is 31.1 Å². The highest BCUT2D eigenvalue weighted by molar-refractivity contribution is 7.89. The molecule has 1 aliphatic rings. The van der Waals surface area contributed by atoms with Crippen LogP contribution >= 0.6 is 0 Å². The molecule has 1 aliphatic carbocycles. The summed E-state index contributed by atoms with van der Waals surface area (Å²) in [6.07, 6.45) is 5.76. The molecule has 1 atom stereocenters. The number of hydrogen-bond acceptors (Lipinski definition) is 3. The number of sulfonamides is 1. The fourth-order valence-electron chi connectivity index (χ4n) is 1.62. The molecule has 1 saturated carbocycles. The molecule has 1 aromatic rings. The Labute approximate surface area is 89.6 Å². The summed E-state index contributed by atoms with van der Waals surface area (Å²) in [7, 11) is -1.86. The summed E-state index contributed by atoms with van der Waals surface area (Å²) in [4.78, 5) is 4.14. The minimum absolute atomic E-state index is 0.456. The van der Waals surface area contributed by atoms with Gasteiger partial charge in [0, 0.05) is 18.4 Å². The molecule has 0 radical (unpaired) electrons. The minimum Gasteiger partial charge on any atom is -0.331 e. The van der Waals surface area contributed by atoms with Crippen molar-refractivity contribution in [2.75, 3.05) is 7.05 Å². The van der Waals surface area contributed by atoms with Crippen LogP contribution in [0.1, 0.15) is 36.9 Å². The molecule has 0 aliphatic heterocycles. The van der Waals surface area contributed by atoms with Crippen LogP contribution in [0.3, 0.4) is 0 Å². The van der Waals surface area contributed by atoms with Gasteiger partial charge < -0.3 is 4.57 Å². The van der Waals surface area contributed by atoms with E-state index in [2.05, 4.69) is 9.71 Å². The average molecular weight is 229 g/mol. The lowest BCUT2D eigenvalue weighted by atomic mass is 10.4. The van der Waals surface area contributed by atoms with Gasteiger partial charge in [0.15, 0.2) is 0 Å². The molecule has 1 unspecified atom stereocenters. The van der Waals surface area contributed by atoms with Gasteiger partial charge in [0.1, 0.15) is 11.1 Å². The van der Waals surface area contributed by atoms with E-state index in [0.29, 0.717) is 11.9 Å². The van der Waals surface area contributed by atoms with Gasteiger partial charge in [-0.05, 0) is 26.8 Å². The molecule has 15 heavy (non-hydrogen) atoms. The molecular weight excluding hydrogens is 214 g/mol. The Bertz CT molecular complexity index is 448. The van der Waals surface area contributed by atoms with Crippen LogP contribution in [0.15, 0.2) is 12.4 Å². The van der Waals surface area contributed by atoms with Crippen molar-refractivity contribution in [1.82, 2.24) is 14.3 Å². The first kappa shape index (κ1) is 10.6. The topological polar surface area (TPSA) is 64.0 Å². The summed E-state index contributed by atoms with van der Waals surface area (Å²) < 4.78 is 27.6. The van der Waals surface area contributed by atoms with E-state index in [-0.39, 0.29) is 0 Å². The zero-order valence-electron chi connectivity index (χ0n) is 8.84. The predicted molar refractivity (Wildman–Crippen MR) is 56.9 cm³/mol. The van der Waals surface area contributed by atoms with Crippen LogP contribution in [0.2, 0.25) is 0 Å². The SMILES string of the molecule is CNS(=O)(=O)C(C)c1nccn1C1CC1. The summed E-state index contributed by atoms with van der Waals surface area (Å²) in [5.74, 6) is 0.631. The Morgan fingerprint density at radius 1 is 1.60 bits per heavy atom. The maximum Gasteiger partial charge on any atom is 0.221 e. The average Bonchev–Trinajstić information content (AvgIpc) is 2.95. The number of nitrogens with one attached hydrogen (secondary N) is 1. The molecule has 2 rings (SSSR count). The Hall–Kier alpha value is -0.880. The molecule has 0 aromatic carbocycles.